The summed E-state index contributed by atoms with van der Waals surface area (Å²) in [6.45, 7) is 7.62. The van der Waals surface area contributed by atoms with Crippen molar-refractivity contribution < 1.29 is 14.3 Å². The maximum atomic E-state index is 12.9. The maximum absolute atomic E-state index is 12.9. The number of hydrogen-bond donors (Lipinski definition) is 0. The number of likely N-dealkylation sites (tertiary alicyclic amines) is 1. The number of ether oxygens (including phenoxy) is 2. The predicted molar refractivity (Wildman–Crippen MR) is 111 cm³/mol. The zero-order chi connectivity index (χ0) is 19.6. The molecule has 29 heavy (non-hydrogen) atoms. The molecule has 6 heteroatoms. The zero-order valence-electron chi connectivity index (χ0n) is 17.4. The lowest BCUT2D eigenvalue weighted by atomic mass is 9.75. The number of piperazine rings is 1. The molecule has 1 aromatic rings. The summed E-state index contributed by atoms with van der Waals surface area (Å²) in [6, 6.07) is 6.18. The lowest BCUT2D eigenvalue weighted by molar-refractivity contribution is -0.135. The molecule has 0 N–H and O–H groups in total. The second kappa shape index (κ2) is 8.52. The molecule has 0 spiro atoms. The van der Waals surface area contributed by atoms with Crippen molar-refractivity contribution in [2.24, 2.45) is 11.8 Å². The molecule has 2 atom stereocenters. The van der Waals surface area contributed by atoms with E-state index in [9.17, 15) is 4.79 Å². The predicted octanol–water partition coefficient (Wildman–Crippen LogP) is 2.57. The summed E-state index contributed by atoms with van der Waals surface area (Å²) in [5.41, 5.74) is 1.24. The highest BCUT2D eigenvalue weighted by Crippen LogP contribution is 2.36. The zero-order valence-corrected chi connectivity index (χ0v) is 17.4. The summed E-state index contributed by atoms with van der Waals surface area (Å²) >= 11 is 0. The topological polar surface area (TPSA) is 45.3 Å². The molecule has 0 radical (unpaired) electrons. The number of fused-ring (bicyclic) bond motifs is 2. The molecule has 1 saturated carbocycles. The Bertz CT molecular complexity index is 732. The molecule has 6 nitrogen and oxygen atoms in total. The van der Waals surface area contributed by atoms with Gasteiger partial charge in [-0.25, -0.2) is 0 Å². The van der Waals surface area contributed by atoms with Gasteiger partial charge in [0, 0.05) is 39.3 Å². The van der Waals surface area contributed by atoms with Crippen LogP contribution in [0, 0.1) is 11.8 Å². The third-order valence-electron chi connectivity index (χ3n) is 7.30. The molecule has 4 aliphatic rings. The Hall–Kier alpha value is -1.79. The van der Waals surface area contributed by atoms with Gasteiger partial charge in [-0.3, -0.25) is 14.6 Å². The van der Waals surface area contributed by atoms with E-state index in [0.29, 0.717) is 19.2 Å². The fraction of sp³-hybridized carbons (Fsp3) is 0.696. The first-order valence-electron chi connectivity index (χ1n) is 11.4. The molecule has 158 valence electrons. The van der Waals surface area contributed by atoms with Gasteiger partial charge < -0.3 is 14.4 Å². The van der Waals surface area contributed by atoms with Crippen molar-refractivity contribution in [3.05, 3.63) is 23.8 Å². The molecule has 3 aliphatic heterocycles. The number of amides is 1. The van der Waals surface area contributed by atoms with Crippen molar-refractivity contribution in [3.8, 4) is 11.5 Å². The average Bonchev–Trinajstić information content (AvgIpc) is 3.22. The first kappa shape index (κ1) is 19.2. The quantitative estimate of drug-likeness (QED) is 0.779. The van der Waals surface area contributed by atoms with Crippen molar-refractivity contribution in [3.63, 3.8) is 0 Å². The molecule has 1 aromatic carbocycles. The van der Waals surface area contributed by atoms with E-state index in [1.807, 2.05) is 6.07 Å². The molecule has 0 aromatic heterocycles. The van der Waals surface area contributed by atoms with Crippen LogP contribution in [0.3, 0.4) is 0 Å². The Morgan fingerprint density at radius 3 is 2.55 bits per heavy atom. The standard InChI is InChI=1S/C23H33N3O3/c27-23(16-25-8-7-19-3-1-2-4-20(19)15-25)26-11-9-24(10-12-26)14-18-5-6-21-22(13-18)29-17-28-21/h5-6,13,19-20H,1-4,7-12,14-17H2/t19-,20-/m0/s1. The van der Waals surface area contributed by atoms with Crippen LogP contribution < -0.4 is 9.47 Å². The number of rotatable bonds is 4. The van der Waals surface area contributed by atoms with Crippen LogP contribution in [0.25, 0.3) is 0 Å². The van der Waals surface area contributed by atoms with Gasteiger partial charge in [-0.1, -0.05) is 25.3 Å². The van der Waals surface area contributed by atoms with Gasteiger partial charge in [-0.2, -0.15) is 0 Å². The van der Waals surface area contributed by atoms with Crippen LogP contribution in [0.2, 0.25) is 0 Å². The van der Waals surface area contributed by atoms with Gasteiger partial charge in [0.25, 0.3) is 0 Å². The number of piperidine rings is 1. The van der Waals surface area contributed by atoms with Crippen molar-refractivity contribution in [1.29, 1.82) is 0 Å². The van der Waals surface area contributed by atoms with E-state index in [1.54, 1.807) is 0 Å². The Morgan fingerprint density at radius 2 is 1.69 bits per heavy atom. The minimum atomic E-state index is 0.317. The fourth-order valence-electron chi connectivity index (χ4n) is 5.56. The van der Waals surface area contributed by atoms with Gasteiger partial charge in [0.15, 0.2) is 11.5 Å². The molecule has 3 heterocycles. The van der Waals surface area contributed by atoms with E-state index in [2.05, 4.69) is 26.8 Å². The summed E-state index contributed by atoms with van der Waals surface area (Å²) in [5, 5.41) is 0. The second-order valence-electron chi connectivity index (χ2n) is 9.17. The summed E-state index contributed by atoms with van der Waals surface area (Å²) in [7, 11) is 0. The lowest BCUT2D eigenvalue weighted by Gasteiger charge is -2.42. The number of benzene rings is 1. The Balaban J connectivity index is 1.08. The van der Waals surface area contributed by atoms with Crippen molar-refractivity contribution in [2.45, 2.75) is 38.6 Å². The van der Waals surface area contributed by atoms with Crippen LogP contribution in [0.1, 0.15) is 37.7 Å². The van der Waals surface area contributed by atoms with Crippen LogP contribution in [0.15, 0.2) is 18.2 Å². The van der Waals surface area contributed by atoms with Crippen LogP contribution in [-0.4, -0.2) is 73.2 Å². The Morgan fingerprint density at radius 1 is 0.897 bits per heavy atom. The molecule has 0 unspecified atom stereocenters. The van der Waals surface area contributed by atoms with E-state index in [4.69, 9.17) is 9.47 Å². The van der Waals surface area contributed by atoms with E-state index >= 15 is 0 Å². The van der Waals surface area contributed by atoms with Crippen LogP contribution in [0.5, 0.6) is 11.5 Å². The lowest BCUT2D eigenvalue weighted by Crippen LogP contribution is -2.52. The van der Waals surface area contributed by atoms with Crippen LogP contribution in [0.4, 0.5) is 0 Å². The van der Waals surface area contributed by atoms with Crippen molar-refractivity contribution >= 4 is 5.91 Å². The third kappa shape index (κ3) is 4.38. The summed E-state index contributed by atoms with van der Waals surface area (Å²) in [5.74, 6) is 3.76. The van der Waals surface area contributed by atoms with E-state index < -0.39 is 0 Å². The molecule has 0 bridgehead atoms. The molecule has 1 aliphatic carbocycles. The number of hydrogen-bond acceptors (Lipinski definition) is 5. The number of carbonyl (C=O) groups is 1. The summed E-state index contributed by atoms with van der Waals surface area (Å²) in [4.78, 5) is 19.8. The monoisotopic (exact) mass is 399 g/mol. The highest BCUT2D eigenvalue weighted by molar-refractivity contribution is 5.78. The summed E-state index contributed by atoms with van der Waals surface area (Å²) in [6.07, 6.45) is 6.87. The highest BCUT2D eigenvalue weighted by atomic mass is 16.7. The van der Waals surface area contributed by atoms with Gasteiger partial charge in [0.2, 0.25) is 12.7 Å². The smallest absolute Gasteiger partial charge is 0.236 e. The van der Waals surface area contributed by atoms with Gasteiger partial charge in [0.1, 0.15) is 0 Å². The second-order valence-corrected chi connectivity index (χ2v) is 9.17. The van der Waals surface area contributed by atoms with E-state index in [0.717, 1.165) is 69.1 Å². The van der Waals surface area contributed by atoms with Gasteiger partial charge in [0.05, 0.1) is 6.54 Å². The number of carbonyl (C=O) groups excluding carboxylic acids is 1. The first-order valence-corrected chi connectivity index (χ1v) is 11.4. The number of nitrogens with zero attached hydrogens (tertiary/aromatic N) is 3. The Kier molecular flexibility index (Phi) is 5.64. The molecule has 2 saturated heterocycles. The van der Waals surface area contributed by atoms with Gasteiger partial charge >= 0.3 is 0 Å². The van der Waals surface area contributed by atoms with E-state index in [-0.39, 0.29) is 0 Å². The van der Waals surface area contributed by atoms with Crippen molar-refractivity contribution in [1.82, 2.24) is 14.7 Å². The van der Waals surface area contributed by atoms with Gasteiger partial charge in [-0.05, 0) is 48.9 Å². The van der Waals surface area contributed by atoms with Crippen LogP contribution >= 0.6 is 0 Å². The normalized spacial score (nSPS) is 27.7. The maximum Gasteiger partial charge on any atom is 0.236 e. The highest BCUT2D eigenvalue weighted by Gasteiger charge is 2.32. The van der Waals surface area contributed by atoms with Crippen LogP contribution in [-0.2, 0) is 11.3 Å². The molecule has 1 amide bonds. The average molecular weight is 400 g/mol. The SMILES string of the molecule is O=C(CN1CC[C@@H]2CCCC[C@H]2C1)N1CCN(Cc2ccc3c(c2)OCO3)CC1. The molecular weight excluding hydrogens is 366 g/mol. The van der Waals surface area contributed by atoms with E-state index in [1.165, 1.54) is 37.7 Å². The minimum absolute atomic E-state index is 0.317. The molecular formula is C23H33N3O3. The molecule has 3 fully saturated rings. The van der Waals surface area contributed by atoms with Gasteiger partial charge in [-0.15, -0.1) is 0 Å². The fourth-order valence-corrected chi connectivity index (χ4v) is 5.56. The molecule has 5 rings (SSSR count). The minimum Gasteiger partial charge on any atom is -0.454 e. The van der Waals surface area contributed by atoms with Crippen molar-refractivity contribution in [2.75, 3.05) is 52.6 Å². The summed E-state index contributed by atoms with van der Waals surface area (Å²) < 4.78 is 10.9. The third-order valence-corrected chi connectivity index (χ3v) is 7.30. The Labute approximate surface area is 173 Å². The first-order chi connectivity index (χ1) is 14.2. The largest absolute Gasteiger partial charge is 0.454 e.